The zero-order valence-corrected chi connectivity index (χ0v) is 14.4. The van der Waals surface area contributed by atoms with Crippen LogP contribution in [0.1, 0.15) is 65.2 Å². The third-order valence-corrected chi connectivity index (χ3v) is 8.36. The van der Waals surface area contributed by atoms with Crippen molar-refractivity contribution in [2.24, 2.45) is 34.5 Å². The third kappa shape index (κ3) is 2.08. The summed E-state index contributed by atoms with van der Waals surface area (Å²) in [6, 6.07) is 0. The van der Waals surface area contributed by atoms with Crippen molar-refractivity contribution in [3.63, 3.8) is 0 Å². The van der Waals surface area contributed by atoms with Gasteiger partial charge in [-0.1, -0.05) is 25.5 Å². The van der Waals surface area contributed by atoms with Gasteiger partial charge in [0.2, 0.25) is 0 Å². The fourth-order valence-electron chi connectivity index (χ4n) is 7.03. The summed E-state index contributed by atoms with van der Waals surface area (Å²) >= 11 is 0. The van der Waals surface area contributed by atoms with Crippen molar-refractivity contribution < 1.29 is 15.0 Å². The number of aliphatic carboxylic acids is 1. The van der Waals surface area contributed by atoms with Gasteiger partial charge in [0.25, 0.3) is 0 Å². The van der Waals surface area contributed by atoms with E-state index in [0.717, 1.165) is 51.4 Å². The van der Waals surface area contributed by atoms with Crippen LogP contribution in [0.2, 0.25) is 0 Å². The maximum Gasteiger partial charge on any atom is 0.0577 e. The van der Waals surface area contributed by atoms with Crippen molar-refractivity contribution in [3.05, 3.63) is 11.6 Å². The van der Waals surface area contributed by atoms with Gasteiger partial charge in [-0.05, 0) is 80.0 Å². The first-order valence-electron chi connectivity index (χ1n) is 9.44. The quantitative estimate of drug-likeness (QED) is 0.756. The molecule has 0 aromatic heterocycles. The molecule has 3 nitrogen and oxygen atoms in total. The second kappa shape index (κ2) is 5.08. The van der Waals surface area contributed by atoms with Crippen LogP contribution in [0.5, 0.6) is 0 Å². The molecule has 0 amide bonds. The number of hydrogen-bond donors (Lipinski definition) is 1. The molecule has 0 bridgehead atoms. The molecule has 0 aromatic carbocycles. The Morgan fingerprint density at radius 1 is 1.17 bits per heavy atom. The summed E-state index contributed by atoms with van der Waals surface area (Å²) in [6.45, 7) is 4.63. The lowest BCUT2D eigenvalue weighted by Gasteiger charge is -2.58. The first-order chi connectivity index (χ1) is 10.9. The Bertz CT molecular complexity index is 553. The van der Waals surface area contributed by atoms with Gasteiger partial charge < -0.3 is 15.0 Å². The molecule has 3 fully saturated rings. The van der Waals surface area contributed by atoms with Crippen molar-refractivity contribution in [1.29, 1.82) is 0 Å². The number of hydrogen-bond acceptors (Lipinski definition) is 3. The van der Waals surface area contributed by atoms with Gasteiger partial charge in [-0.15, -0.1) is 0 Å². The molecule has 0 heterocycles. The topological polar surface area (TPSA) is 60.4 Å². The van der Waals surface area contributed by atoms with E-state index in [9.17, 15) is 15.0 Å². The largest absolute Gasteiger partial charge is 0.550 e. The zero-order chi connectivity index (χ0) is 16.4. The van der Waals surface area contributed by atoms with E-state index >= 15 is 0 Å². The molecule has 0 aliphatic heterocycles. The highest BCUT2D eigenvalue weighted by Crippen LogP contribution is 2.66. The van der Waals surface area contributed by atoms with Crippen LogP contribution in [0, 0.1) is 34.5 Å². The molecule has 0 aromatic rings. The van der Waals surface area contributed by atoms with Crippen LogP contribution in [0.3, 0.4) is 0 Å². The summed E-state index contributed by atoms with van der Waals surface area (Å²) in [5, 5.41) is 21.6. The molecule has 23 heavy (non-hydrogen) atoms. The number of allylic oxidation sites excluding steroid dienone is 1. The first kappa shape index (κ1) is 15.7. The monoisotopic (exact) mass is 317 g/mol. The van der Waals surface area contributed by atoms with E-state index in [1.54, 1.807) is 0 Å². The van der Waals surface area contributed by atoms with Crippen LogP contribution in [-0.2, 0) is 4.79 Å². The molecule has 4 aliphatic carbocycles. The number of carboxylic acid groups (broad SMARTS) is 1. The number of carbonyl (C=O) groups is 1. The maximum absolute atomic E-state index is 11.6. The van der Waals surface area contributed by atoms with Gasteiger partial charge in [0.15, 0.2) is 0 Å². The highest BCUT2D eigenvalue weighted by molar-refractivity contribution is 5.69. The fraction of sp³-hybridized carbons (Fsp3) is 0.850. The number of aliphatic hydroxyl groups excluding tert-OH is 1. The molecule has 4 aliphatic rings. The van der Waals surface area contributed by atoms with Crippen molar-refractivity contribution >= 4 is 5.97 Å². The van der Waals surface area contributed by atoms with Gasteiger partial charge >= 0.3 is 0 Å². The number of rotatable bonds is 1. The second-order valence-electron chi connectivity index (χ2n) is 9.15. The number of carboxylic acids is 1. The van der Waals surface area contributed by atoms with Crippen molar-refractivity contribution in [2.75, 3.05) is 0 Å². The van der Waals surface area contributed by atoms with E-state index < -0.39 is 5.97 Å². The number of carbonyl (C=O) groups excluding carboxylic acids is 1. The van der Waals surface area contributed by atoms with E-state index in [-0.39, 0.29) is 22.9 Å². The molecule has 3 heteroatoms. The van der Waals surface area contributed by atoms with Crippen LogP contribution in [0.25, 0.3) is 0 Å². The molecule has 4 rings (SSSR count). The Kier molecular flexibility index (Phi) is 3.46. The molecular formula is C20H29O3-. The summed E-state index contributed by atoms with van der Waals surface area (Å²) < 4.78 is 0. The smallest absolute Gasteiger partial charge is 0.0577 e. The van der Waals surface area contributed by atoms with Gasteiger partial charge in [0, 0.05) is 11.9 Å². The van der Waals surface area contributed by atoms with E-state index in [2.05, 4.69) is 19.9 Å². The van der Waals surface area contributed by atoms with Gasteiger partial charge in [0.05, 0.1) is 6.10 Å². The fourth-order valence-corrected chi connectivity index (χ4v) is 7.03. The Morgan fingerprint density at radius 2 is 1.96 bits per heavy atom. The van der Waals surface area contributed by atoms with E-state index in [1.807, 2.05) is 0 Å². The summed E-state index contributed by atoms with van der Waals surface area (Å²) in [5.74, 6) is 0.758. The highest BCUT2D eigenvalue weighted by Gasteiger charge is 2.58. The predicted octanol–water partition coefficient (Wildman–Crippen LogP) is 2.68. The molecule has 0 unspecified atom stereocenters. The standard InChI is InChI=1S/C20H30O3/c1-19-9-7-13(21)11-12(19)3-4-14-15-5-6-17(18(22)23)20(15,2)10-8-16(14)19/h3,13-17,21H,4-11H2,1-2H3,(H,22,23)/p-1/t13-,14+,15-,16+,17+,19-,20-/m0/s1. The van der Waals surface area contributed by atoms with E-state index in [1.165, 1.54) is 5.57 Å². The molecule has 1 N–H and O–H groups in total. The average Bonchev–Trinajstić information content (AvgIpc) is 2.85. The molecular weight excluding hydrogens is 288 g/mol. The lowest BCUT2D eigenvalue weighted by Crippen LogP contribution is -2.52. The molecule has 128 valence electrons. The van der Waals surface area contributed by atoms with Crippen molar-refractivity contribution in [3.8, 4) is 0 Å². The Hall–Kier alpha value is -0.830. The van der Waals surface area contributed by atoms with Crippen molar-refractivity contribution in [1.82, 2.24) is 0 Å². The first-order valence-corrected chi connectivity index (χ1v) is 9.44. The minimum absolute atomic E-state index is 0.0596. The summed E-state index contributed by atoms with van der Waals surface area (Å²) in [5.41, 5.74) is 1.66. The van der Waals surface area contributed by atoms with Crippen LogP contribution in [0.4, 0.5) is 0 Å². The summed E-state index contributed by atoms with van der Waals surface area (Å²) in [4.78, 5) is 11.6. The Morgan fingerprint density at radius 3 is 2.70 bits per heavy atom. The number of fused-ring (bicyclic) bond motifs is 5. The van der Waals surface area contributed by atoms with Gasteiger partial charge in [-0.2, -0.15) is 0 Å². The van der Waals surface area contributed by atoms with Gasteiger partial charge in [0.1, 0.15) is 0 Å². The van der Waals surface area contributed by atoms with Crippen LogP contribution in [-0.4, -0.2) is 17.2 Å². The van der Waals surface area contributed by atoms with Crippen LogP contribution in [0.15, 0.2) is 11.6 Å². The number of aliphatic hydroxyl groups is 1. The van der Waals surface area contributed by atoms with Gasteiger partial charge in [-0.3, -0.25) is 0 Å². The lowest BCUT2D eigenvalue weighted by atomic mass is 9.47. The average molecular weight is 317 g/mol. The predicted molar refractivity (Wildman–Crippen MR) is 86.2 cm³/mol. The summed E-state index contributed by atoms with van der Waals surface area (Å²) in [7, 11) is 0. The third-order valence-electron chi connectivity index (χ3n) is 8.36. The molecule has 3 saturated carbocycles. The lowest BCUT2D eigenvalue weighted by molar-refractivity contribution is -0.315. The Balaban J connectivity index is 1.66. The van der Waals surface area contributed by atoms with Crippen LogP contribution < -0.4 is 5.11 Å². The maximum atomic E-state index is 11.6. The minimum Gasteiger partial charge on any atom is -0.550 e. The van der Waals surface area contributed by atoms with E-state index in [4.69, 9.17) is 0 Å². The zero-order valence-electron chi connectivity index (χ0n) is 14.4. The minimum atomic E-state index is -0.826. The summed E-state index contributed by atoms with van der Waals surface area (Å²) in [6.07, 6.45) is 10.2. The molecule has 0 saturated heterocycles. The molecule has 0 radical (unpaired) electrons. The van der Waals surface area contributed by atoms with Crippen LogP contribution >= 0.6 is 0 Å². The normalized spacial score (nSPS) is 52.1. The second-order valence-corrected chi connectivity index (χ2v) is 9.15. The Labute approximate surface area is 139 Å². The molecule has 7 atom stereocenters. The van der Waals surface area contributed by atoms with Crippen molar-refractivity contribution in [2.45, 2.75) is 71.3 Å². The van der Waals surface area contributed by atoms with E-state index in [0.29, 0.717) is 17.8 Å². The highest BCUT2D eigenvalue weighted by atomic mass is 16.4. The SMILES string of the molecule is C[C@]12CC[C@@H]3[C@H](CC=C4C[C@@H](O)CC[C@@]43C)[C@@H]1CC[C@@H]2C(=O)[O-]. The molecule has 0 spiro atoms. The van der Waals surface area contributed by atoms with Gasteiger partial charge in [-0.25, -0.2) is 0 Å².